The van der Waals surface area contributed by atoms with Crippen LogP contribution in [-0.2, 0) is 19.6 Å². The monoisotopic (exact) mass is 385 g/mol. The molecule has 0 saturated carbocycles. The minimum Gasteiger partial charge on any atom is -0.457 e. The third kappa shape index (κ3) is 4.78. The topological polar surface area (TPSA) is 63.7 Å². The third-order valence-corrected chi connectivity index (χ3v) is 5.69. The molecule has 0 N–H and O–H groups in total. The number of rotatable bonds is 6. The summed E-state index contributed by atoms with van der Waals surface area (Å²) in [5.74, 6) is -1.27. The van der Waals surface area contributed by atoms with Crippen LogP contribution in [-0.4, -0.2) is 32.3 Å². The molecule has 2 aromatic carbocycles. The highest BCUT2D eigenvalue weighted by molar-refractivity contribution is 7.89. The molecule has 134 valence electrons. The fraction of sp³-hybridized carbons (Fsp3) is 0.235. The van der Waals surface area contributed by atoms with E-state index in [1.807, 2.05) is 0 Å². The zero-order valence-electron chi connectivity index (χ0n) is 13.6. The molecule has 1 atom stereocenters. The Balaban J connectivity index is 2.04. The number of halogens is 2. The minimum atomic E-state index is -3.92. The van der Waals surface area contributed by atoms with Crippen molar-refractivity contribution in [1.29, 1.82) is 0 Å². The predicted molar refractivity (Wildman–Crippen MR) is 92.2 cm³/mol. The molecule has 0 aromatic heterocycles. The highest BCUT2D eigenvalue weighted by Crippen LogP contribution is 2.25. The number of ether oxygens (including phenoxy) is 1. The van der Waals surface area contributed by atoms with Gasteiger partial charge in [-0.2, -0.15) is 4.31 Å². The van der Waals surface area contributed by atoms with Gasteiger partial charge in [-0.1, -0.05) is 29.8 Å². The molecule has 0 aliphatic rings. The van der Waals surface area contributed by atoms with E-state index in [1.54, 1.807) is 31.2 Å². The number of hydrogen-bond donors (Lipinski definition) is 0. The Bertz CT molecular complexity index is 855. The Morgan fingerprint density at radius 3 is 2.40 bits per heavy atom. The largest absolute Gasteiger partial charge is 0.457 e. The van der Waals surface area contributed by atoms with Crippen molar-refractivity contribution >= 4 is 27.6 Å². The summed E-state index contributed by atoms with van der Waals surface area (Å²) >= 11 is 6.05. The lowest BCUT2D eigenvalue weighted by Crippen LogP contribution is -2.33. The molecule has 2 rings (SSSR count). The summed E-state index contributed by atoms with van der Waals surface area (Å²) in [6, 6.07) is 11.3. The SMILES string of the molecule is CC(OC(=O)CN(C)S(=O)(=O)c1ccc(F)cc1)c1ccccc1Cl. The molecule has 2 aromatic rings. The van der Waals surface area contributed by atoms with Crippen molar-refractivity contribution in [2.45, 2.75) is 17.9 Å². The van der Waals surface area contributed by atoms with Crippen molar-refractivity contribution < 1.29 is 22.3 Å². The molecular formula is C17H17ClFNO4S. The molecule has 0 bridgehead atoms. The molecule has 0 amide bonds. The van der Waals surface area contributed by atoms with Crippen LogP contribution in [0.1, 0.15) is 18.6 Å². The van der Waals surface area contributed by atoms with E-state index >= 15 is 0 Å². The van der Waals surface area contributed by atoms with E-state index < -0.39 is 34.5 Å². The van der Waals surface area contributed by atoms with Gasteiger partial charge in [0.15, 0.2) is 0 Å². The van der Waals surface area contributed by atoms with Crippen LogP contribution in [0.5, 0.6) is 0 Å². The molecule has 5 nitrogen and oxygen atoms in total. The summed E-state index contributed by atoms with van der Waals surface area (Å²) in [5.41, 5.74) is 0.626. The van der Waals surface area contributed by atoms with Crippen molar-refractivity contribution in [3.05, 3.63) is 64.9 Å². The number of carbonyl (C=O) groups is 1. The number of sulfonamides is 1. The number of carbonyl (C=O) groups excluding carboxylic acids is 1. The van der Waals surface area contributed by atoms with Gasteiger partial charge in [-0.05, 0) is 37.3 Å². The number of likely N-dealkylation sites (N-methyl/N-ethyl adjacent to an activating group) is 1. The van der Waals surface area contributed by atoms with Crippen molar-refractivity contribution in [2.24, 2.45) is 0 Å². The molecule has 8 heteroatoms. The number of nitrogens with zero attached hydrogens (tertiary/aromatic N) is 1. The van der Waals surface area contributed by atoms with Crippen LogP contribution in [0.2, 0.25) is 5.02 Å². The van der Waals surface area contributed by atoms with E-state index in [1.165, 1.54) is 7.05 Å². The van der Waals surface area contributed by atoms with E-state index in [0.29, 0.717) is 10.6 Å². The number of hydrogen-bond acceptors (Lipinski definition) is 4. The summed E-state index contributed by atoms with van der Waals surface area (Å²) < 4.78 is 43.8. The third-order valence-electron chi connectivity index (χ3n) is 3.52. The lowest BCUT2D eigenvalue weighted by atomic mass is 10.1. The molecule has 1 unspecified atom stereocenters. The fourth-order valence-electron chi connectivity index (χ4n) is 2.16. The van der Waals surface area contributed by atoms with Crippen molar-refractivity contribution in [3.63, 3.8) is 0 Å². The average Bonchev–Trinajstić information content (AvgIpc) is 2.55. The molecular weight excluding hydrogens is 369 g/mol. The second kappa shape index (κ2) is 7.95. The van der Waals surface area contributed by atoms with E-state index in [4.69, 9.17) is 16.3 Å². The highest BCUT2D eigenvalue weighted by atomic mass is 35.5. The Labute approximate surface area is 151 Å². The van der Waals surface area contributed by atoms with E-state index in [-0.39, 0.29) is 4.90 Å². The predicted octanol–water partition coefficient (Wildman–Crippen LogP) is 3.40. The van der Waals surface area contributed by atoms with Gasteiger partial charge in [0.25, 0.3) is 0 Å². The van der Waals surface area contributed by atoms with E-state index in [0.717, 1.165) is 28.6 Å². The second-order valence-corrected chi connectivity index (χ2v) is 7.82. The first-order valence-electron chi connectivity index (χ1n) is 7.37. The first kappa shape index (κ1) is 19.4. The van der Waals surface area contributed by atoms with Crippen molar-refractivity contribution in [2.75, 3.05) is 13.6 Å². The lowest BCUT2D eigenvalue weighted by Gasteiger charge is -2.19. The van der Waals surface area contributed by atoms with Crippen molar-refractivity contribution in [3.8, 4) is 0 Å². The fourth-order valence-corrected chi connectivity index (χ4v) is 3.56. The molecule has 0 spiro atoms. The zero-order valence-corrected chi connectivity index (χ0v) is 15.2. The van der Waals surface area contributed by atoms with Crippen LogP contribution < -0.4 is 0 Å². The Morgan fingerprint density at radius 2 is 1.80 bits per heavy atom. The Morgan fingerprint density at radius 1 is 1.20 bits per heavy atom. The molecule has 0 saturated heterocycles. The second-order valence-electron chi connectivity index (χ2n) is 5.37. The maximum absolute atomic E-state index is 12.9. The lowest BCUT2D eigenvalue weighted by molar-refractivity contribution is -0.148. The van der Waals surface area contributed by atoms with E-state index in [9.17, 15) is 17.6 Å². The molecule has 0 heterocycles. The van der Waals surface area contributed by atoms with Gasteiger partial charge in [-0.25, -0.2) is 12.8 Å². The minimum absolute atomic E-state index is 0.108. The van der Waals surface area contributed by atoms with Gasteiger partial charge in [0.05, 0.1) is 4.90 Å². The highest BCUT2D eigenvalue weighted by Gasteiger charge is 2.24. The average molecular weight is 386 g/mol. The van der Waals surface area contributed by atoms with E-state index in [2.05, 4.69) is 0 Å². The van der Waals surface area contributed by atoms with Gasteiger partial charge < -0.3 is 4.74 Å². The molecule has 0 aliphatic heterocycles. The summed E-state index contributed by atoms with van der Waals surface area (Å²) in [5, 5.41) is 0.454. The van der Waals surface area contributed by atoms with Crippen molar-refractivity contribution in [1.82, 2.24) is 4.31 Å². The number of benzene rings is 2. The number of esters is 1. The maximum atomic E-state index is 12.9. The first-order chi connectivity index (χ1) is 11.7. The van der Waals surface area contributed by atoms with Crippen LogP contribution in [0.25, 0.3) is 0 Å². The summed E-state index contributed by atoms with van der Waals surface area (Å²) in [6.07, 6.45) is -0.622. The first-order valence-corrected chi connectivity index (χ1v) is 9.19. The van der Waals surface area contributed by atoms with Gasteiger partial charge in [-0.3, -0.25) is 4.79 Å². The van der Waals surface area contributed by atoms with Gasteiger partial charge in [0.1, 0.15) is 18.5 Å². The molecule has 0 aliphatic carbocycles. The van der Waals surface area contributed by atoms with Crippen LogP contribution in [0.4, 0.5) is 4.39 Å². The van der Waals surface area contributed by atoms with Crippen LogP contribution in [0.15, 0.2) is 53.4 Å². The Hall–Kier alpha value is -1.96. The van der Waals surface area contributed by atoms with Crippen LogP contribution in [0, 0.1) is 5.82 Å². The molecule has 0 fully saturated rings. The standard InChI is InChI=1S/C17H17ClFNO4S/c1-12(15-5-3-4-6-16(15)18)24-17(21)11-20(2)25(22,23)14-9-7-13(19)8-10-14/h3-10,12H,11H2,1-2H3. The normalized spacial score (nSPS) is 12.8. The van der Waals surface area contributed by atoms with Gasteiger partial charge in [-0.15, -0.1) is 0 Å². The summed E-state index contributed by atoms with van der Waals surface area (Å²) in [4.78, 5) is 11.9. The summed E-state index contributed by atoms with van der Waals surface area (Å²) in [6.45, 7) is 1.17. The Kier molecular flexibility index (Phi) is 6.16. The van der Waals surface area contributed by atoms with Gasteiger partial charge in [0.2, 0.25) is 10.0 Å². The van der Waals surface area contributed by atoms with Gasteiger partial charge >= 0.3 is 5.97 Å². The maximum Gasteiger partial charge on any atom is 0.321 e. The van der Waals surface area contributed by atoms with Crippen LogP contribution in [0.3, 0.4) is 0 Å². The van der Waals surface area contributed by atoms with Gasteiger partial charge in [0, 0.05) is 17.6 Å². The zero-order chi connectivity index (χ0) is 18.6. The smallest absolute Gasteiger partial charge is 0.321 e. The summed E-state index contributed by atoms with van der Waals surface area (Å²) in [7, 11) is -2.67. The molecule has 25 heavy (non-hydrogen) atoms. The van der Waals surface area contributed by atoms with Crippen LogP contribution >= 0.6 is 11.6 Å². The molecule has 0 radical (unpaired) electrons. The quantitative estimate of drug-likeness (QED) is 0.715.